The topological polar surface area (TPSA) is 43.1 Å². The minimum atomic E-state index is -0.522. The summed E-state index contributed by atoms with van der Waals surface area (Å²) >= 11 is 0. The summed E-state index contributed by atoms with van der Waals surface area (Å²) in [5.74, 6) is 0. The van der Waals surface area contributed by atoms with Crippen molar-refractivity contribution in [2.45, 2.75) is 0 Å². The molecule has 0 saturated heterocycles. The monoisotopic (exact) mass is 148 g/mol. The van der Waals surface area contributed by atoms with Gasteiger partial charge in [0.25, 0.3) is 5.70 Å². The minimum absolute atomic E-state index is 0.120. The molecule has 0 atom stereocenters. The zero-order valence-corrected chi connectivity index (χ0v) is 5.78. The lowest BCUT2D eigenvalue weighted by atomic mass is 10.2. The lowest BCUT2D eigenvalue weighted by Gasteiger charge is -1.93. The van der Waals surface area contributed by atoms with Crippen LogP contribution in [0.15, 0.2) is 30.8 Å². The number of hydrogen-bond acceptors (Lipinski definition) is 2. The Morgan fingerprint density at radius 3 is 2.82 bits per heavy atom. The van der Waals surface area contributed by atoms with E-state index in [1.807, 2.05) is 0 Å². The first kappa shape index (κ1) is 7.47. The molecule has 0 heterocycles. The Balaban J connectivity index is 2.95. The highest BCUT2D eigenvalue weighted by Crippen LogP contribution is 2.09. The van der Waals surface area contributed by atoms with Crippen LogP contribution in [0.5, 0.6) is 0 Å². The normalized spacial score (nSPS) is 9.09. The van der Waals surface area contributed by atoms with E-state index in [1.165, 1.54) is 0 Å². The molecule has 0 bridgehead atoms. The Bertz CT molecular complexity index is 279. The first-order valence-electron chi connectivity index (χ1n) is 3.02. The molecule has 0 amide bonds. The van der Waals surface area contributed by atoms with Crippen LogP contribution in [0.25, 0.3) is 5.70 Å². The van der Waals surface area contributed by atoms with Gasteiger partial charge in [-0.15, -0.1) is 0 Å². The average molecular weight is 148 g/mol. The summed E-state index contributed by atoms with van der Waals surface area (Å²) < 4.78 is 0. The van der Waals surface area contributed by atoms with Crippen LogP contribution < -0.4 is 0 Å². The summed E-state index contributed by atoms with van der Waals surface area (Å²) in [6.45, 7) is 3.29. The van der Waals surface area contributed by atoms with Crippen molar-refractivity contribution >= 4 is 5.70 Å². The fraction of sp³-hybridized carbons (Fsp3) is 0. The van der Waals surface area contributed by atoms with Crippen LogP contribution in [0.2, 0.25) is 0 Å². The van der Waals surface area contributed by atoms with Gasteiger partial charge in [-0.3, -0.25) is 10.1 Å². The van der Waals surface area contributed by atoms with Crippen LogP contribution >= 0.6 is 0 Å². The highest BCUT2D eigenvalue weighted by Gasteiger charge is 2.08. The zero-order chi connectivity index (χ0) is 8.27. The van der Waals surface area contributed by atoms with Crippen LogP contribution in [0, 0.1) is 16.2 Å². The molecule has 0 aliphatic carbocycles. The van der Waals surface area contributed by atoms with Crippen molar-refractivity contribution in [1.29, 1.82) is 0 Å². The van der Waals surface area contributed by atoms with E-state index < -0.39 is 4.92 Å². The van der Waals surface area contributed by atoms with E-state index in [4.69, 9.17) is 0 Å². The van der Waals surface area contributed by atoms with Gasteiger partial charge in [0.05, 0.1) is 10.5 Å². The maximum atomic E-state index is 10.2. The molecule has 1 radical (unpaired) electrons. The summed E-state index contributed by atoms with van der Waals surface area (Å²) in [6.07, 6.45) is 0. The molecule has 0 spiro atoms. The molecule has 0 aromatic heterocycles. The summed E-state index contributed by atoms with van der Waals surface area (Å²) in [5.41, 5.74) is 0.308. The van der Waals surface area contributed by atoms with Crippen molar-refractivity contribution in [3.63, 3.8) is 0 Å². The quantitative estimate of drug-likeness (QED) is 0.473. The largest absolute Gasteiger partial charge is 0.270 e. The molecule has 0 fully saturated rings. The Hall–Kier alpha value is -1.64. The van der Waals surface area contributed by atoms with Crippen LogP contribution in [0.3, 0.4) is 0 Å². The van der Waals surface area contributed by atoms with Crippen LogP contribution in [0.4, 0.5) is 0 Å². The van der Waals surface area contributed by atoms with Crippen molar-refractivity contribution in [3.8, 4) is 0 Å². The molecule has 1 aromatic rings. The van der Waals surface area contributed by atoms with Crippen molar-refractivity contribution in [3.05, 3.63) is 52.6 Å². The van der Waals surface area contributed by atoms with Crippen molar-refractivity contribution in [1.82, 2.24) is 0 Å². The molecule has 11 heavy (non-hydrogen) atoms. The molecule has 55 valence electrons. The van der Waals surface area contributed by atoms with Gasteiger partial charge in [0.2, 0.25) is 0 Å². The van der Waals surface area contributed by atoms with Crippen LogP contribution in [0.1, 0.15) is 5.56 Å². The zero-order valence-electron chi connectivity index (χ0n) is 5.78. The van der Waals surface area contributed by atoms with E-state index in [9.17, 15) is 10.1 Å². The van der Waals surface area contributed by atoms with Crippen LogP contribution in [-0.4, -0.2) is 4.92 Å². The Morgan fingerprint density at radius 2 is 2.36 bits per heavy atom. The standard InChI is InChI=1S/C8H6NO2/c1-7(9(10)11)8-5-3-2-4-6-8/h2-5H,1H2. The van der Waals surface area contributed by atoms with Crippen molar-refractivity contribution in [2.75, 3.05) is 0 Å². The third-order valence-corrected chi connectivity index (χ3v) is 1.24. The lowest BCUT2D eigenvalue weighted by molar-refractivity contribution is -0.375. The maximum Gasteiger partial charge on any atom is 0.270 e. The second kappa shape index (κ2) is 2.96. The van der Waals surface area contributed by atoms with Gasteiger partial charge in [0.1, 0.15) is 0 Å². The van der Waals surface area contributed by atoms with Gasteiger partial charge >= 0.3 is 0 Å². The number of hydrogen-bond donors (Lipinski definition) is 0. The van der Waals surface area contributed by atoms with Crippen LogP contribution in [-0.2, 0) is 0 Å². The summed E-state index contributed by atoms with van der Waals surface area (Å²) in [6, 6.07) is 9.38. The van der Waals surface area contributed by atoms with Gasteiger partial charge in [-0.25, -0.2) is 0 Å². The van der Waals surface area contributed by atoms with E-state index in [0.29, 0.717) is 5.56 Å². The maximum absolute atomic E-state index is 10.2. The van der Waals surface area contributed by atoms with Gasteiger partial charge in [0, 0.05) is 0 Å². The fourth-order valence-corrected chi connectivity index (χ4v) is 0.671. The van der Waals surface area contributed by atoms with Crippen molar-refractivity contribution < 1.29 is 4.92 Å². The SMILES string of the molecule is C=C(c1[c]cccc1)[N+](=O)[O-]. The minimum Gasteiger partial charge on any atom is -0.258 e. The predicted molar refractivity (Wildman–Crippen MR) is 41.3 cm³/mol. The molecule has 0 aliphatic rings. The lowest BCUT2D eigenvalue weighted by Crippen LogP contribution is -1.95. The predicted octanol–water partition coefficient (Wildman–Crippen LogP) is 1.73. The molecule has 1 rings (SSSR count). The summed E-state index contributed by atoms with van der Waals surface area (Å²) in [5, 5.41) is 10.2. The Labute approximate surface area is 64.1 Å². The molecule has 0 unspecified atom stereocenters. The van der Waals surface area contributed by atoms with Gasteiger partial charge in [0.15, 0.2) is 0 Å². The molecule has 3 nitrogen and oxygen atoms in total. The highest BCUT2D eigenvalue weighted by atomic mass is 16.6. The average Bonchev–Trinajstić information content (AvgIpc) is 2.05. The van der Waals surface area contributed by atoms with Gasteiger partial charge < -0.3 is 0 Å². The first-order valence-corrected chi connectivity index (χ1v) is 3.02. The molecular formula is C8H6NO2. The smallest absolute Gasteiger partial charge is 0.258 e. The molecule has 0 N–H and O–H groups in total. The number of rotatable bonds is 2. The van der Waals surface area contributed by atoms with Crippen molar-refractivity contribution in [2.24, 2.45) is 0 Å². The fourth-order valence-electron chi connectivity index (χ4n) is 0.671. The highest BCUT2D eigenvalue weighted by molar-refractivity contribution is 5.54. The first-order chi connectivity index (χ1) is 5.22. The molecular weight excluding hydrogens is 142 g/mol. The number of nitrogens with zero attached hydrogens (tertiary/aromatic N) is 1. The summed E-state index contributed by atoms with van der Waals surface area (Å²) in [7, 11) is 0. The second-order valence-electron chi connectivity index (χ2n) is 1.98. The Kier molecular flexibility index (Phi) is 2.01. The van der Waals surface area contributed by atoms with E-state index in [-0.39, 0.29) is 5.70 Å². The van der Waals surface area contributed by atoms with Gasteiger partial charge in [-0.1, -0.05) is 18.2 Å². The van der Waals surface area contributed by atoms with E-state index in [1.54, 1.807) is 24.3 Å². The molecule has 1 aromatic carbocycles. The molecule has 0 saturated carbocycles. The second-order valence-corrected chi connectivity index (χ2v) is 1.98. The third-order valence-electron chi connectivity index (χ3n) is 1.24. The Morgan fingerprint density at radius 1 is 1.64 bits per heavy atom. The third kappa shape index (κ3) is 1.64. The van der Waals surface area contributed by atoms with E-state index in [2.05, 4.69) is 12.6 Å². The summed E-state index contributed by atoms with van der Waals surface area (Å²) in [4.78, 5) is 9.66. The van der Waals surface area contributed by atoms with Gasteiger partial charge in [-0.2, -0.15) is 0 Å². The van der Waals surface area contributed by atoms with E-state index in [0.717, 1.165) is 0 Å². The number of benzene rings is 1. The van der Waals surface area contributed by atoms with E-state index >= 15 is 0 Å². The van der Waals surface area contributed by atoms with Gasteiger partial charge in [-0.05, 0) is 18.7 Å². The number of nitro groups is 1. The molecule has 0 aliphatic heterocycles. The molecule has 3 heteroatoms.